The molecule has 1 heterocycles. The van der Waals surface area contributed by atoms with Crippen molar-refractivity contribution in [2.24, 2.45) is 11.7 Å². The Hall–Kier alpha value is -2.46. The Balaban J connectivity index is 1.70. The van der Waals surface area contributed by atoms with Crippen molar-refractivity contribution in [2.75, 3.05) is 6.54 Å². The molecular formula is C28H41ClF2N4O4. The molecule has 8 nitrogen and oxygen atoms in total. The molecule has 1 saturated heterocycles. The van der Waals surface area contributed by atoms with Gasteiger partial charge in [0.1, 0.15) is 17.7 Å². The lowest BCUT2D eigenvalue weighted by molar-refractivity contribution is -0.141. The van der Waals surface area contributed by atoms with Crippen molar-refractivity contribution in [2.45, 2.75) is 109 Å². The van der Waals surface area contributed by atoms with Gasteiger partial charge >= 0.3 is 6.09 Å². The fourth-order valence-corrected chi connectivity index (χ4v) is 5.56. The van der Waals surface area contributed by atoms with E-state index in [9.17, 15) is 23.2 Å². The molecule has 0 bridgehead atoms. The maximum atomic E-state index is 13.8. The summed E-state index contributed by atoms with van der Waals surface area (Å²) in [5.41, 5.74) is 5.37. The van der Waals surface area contributed by atoms with Crippen molar-refractivity contribution in [3.05, 3.63) is 34.3 Å². The summed E-state index contributed by atoms with van der Waals surface area (Å²) < 4.78 is 31.9. The number of nitrogens with one attached hydrogen (secondary N) is 2. The van der Waals surface area contributed by atoms with Crippen LogP contribution in [0, 0.1) is 5.92 Å². The average molecular weight is 571 g/mol. The van der Waals surface area contributed by atoms with E-state index < -0.39 is 36.2 Å². The standard InChI is InChI=1S/C28H41ClF2N4O4/c1-27(2,3)39-26(38)34-23(19-8-5-4-6-9-19)25(37)35-15-7-10-22(35)24(36)33-17-20-16-21(29)12-11-18(20)13-14-28(30,31)32/h11-12,16,19,22-23H,4-10,13-15,17,32H2,1-3H3,(H,33,36)(H,34,38)/t22-,23+/m0/s1. The van der Waals surface area contributed by atoms with Crippen LogP contribution in [0.1, 0.15) is 83.3 Å². The smallest absolute Gasteiger partial charge is 0.408 e. The van der Waals surface area contributed by atoms with Gasteiger partial charge in [0.25, 0.3) is 6.05 Å². The van der Waals surface area contributed by atoms with Crippen molar-refractivity contribution in [3.63, 3.8) is 0 Å². The highest BCUT2D eigenvalue weighted by molar-refractivity contribution is 6.30. The van der Waals surface area contributed by atoms with Crippen LogP contribution >= 0.6 is 11.6 Å². The summed E-state index contributed by atoms with van der Waals surface area (Å²) in [5, 5.41) is 6.09. The lowest BCUT2D eigenvalue weighted by Crippen LogP contribution is -2.56. The molecule has 3 amide bonds. The Bertz CT molecular complexity index is 1020. The van der Waals surface area contributed by atoms with Crippen LogP contribution in [0.5, 0.6) is 0 Å². The van der Waals surface area contributed by atoms with Gasteiger partial charge in [-0.2, -0.15) is 8.78 Å². The van der Waals surface area contributed by atoms with E-state index in [0.717, 1.165) is 32.1 Å². The first-order valence-corrected chi connectivity index (χ1v) is 14.1. The number of ether oxygens (including phenoxy) is 1. The third-order valence-corrected chi connectivity index (χ3v) is 7.48. The summed E-state index contributed by atoms with van der Waals surface area (Å²) >= 11 is 6.12. The molecule has 2 atom stereocenters. The number of carbonyl (C=O) groups is 3. The van der Waals surface area contributed by atoms with Crippen LogP contribution in [0.25, 0.3) is 0 Å². The number of benzene rings is 1. The summed E-state index contributed by atoms with van der Waals surface area (Å²) in [4.78, 5) is 41.2. The quantitative estimate of drug-likeness (QED) is 0.365. The van der Waals surface area contributed by atoms with Crippen molar-refractivity contribution < 1.29 is 27.9 Å². The van der Waals surface area contributed by atoms with Gasteiger partial charge < -0.3 is 20.3 Å². The van der Waals surface area contributed by atoms with E-state index >= 15 is 0 Å². The number of alkyl halides is 2. The van der Waals surface area contributed by atoms with E-state index in [4.69, 9.17) is 22.1 Å². The Morgan fingerprint density at radius 1 is 1.10 bits per heavy atom. The van der Waals surface area contributed by atoms with Gasteiger partial charge in [0, 0.05) is 24.5 Å². The normalized spacial score (nSPS) is 19.5. The van der Waals surface area contributed by atoms with Gasteiger partial charge in [-0.3, -0.25) is 15.3 Å². The number of carbonyl (C=O) groups excluding carboxylic acids is 3. The van der Waals surface area contributed by atoms with Crippen LogP contribution < -0.4 is 16.4 Å². The van der Waals surface area contributed by atoms with Crippen LogP contribution in [0.15, 0.2) is 18.2 Å². The van der Waals surface area contributed by atoms with Gasteiger partial charge in [0.05, 0.1) is 0 Å². The average Bonchev–Trinajstić information content (AvgIpc) is 3.34. The molecule has 1 aliphatic carbocycles. The number of halogens is 3. The molecule has 2 aliphatic rings. The van der Waals surface area contributed by atoms with Crippen molar-refractivity contribution >= 4 is 29.5 Å². The van der Waals surface area contributed by atoms with E-state index in [-0.39, 0.29) is 30.7 Å². The van der Waals surface area contributed by atoms with E-state index in [0.29, 0.717) is 35.5 Å². The Labute approximate surface area is 234 Å². The zero-order chi connectivity index (χ0) is 28.8. The molecule has 3 rings (SSSR count). The van der Waals surface area contributed by atoms with Crippen LogP contribution in [0.4, 0.5) is 13.6 Å². The molecule has 1 aromatic rings. The van der Waals surface area contributed by atoms with Crippen LogP contribution in [0.3, 0.4) is 0 Å². The van der Waals surface area contributed by atoms with E-state index in [1.165, 1.54) is 0 Å². The summed E-state index contributed by atoms with van der Waals surface area (Å²) in [6, 6.07) is 0.126. The lowest BCUT2D eigenvalue weighted by atomic mass is 9.83. The zero-order valence-electron chi connectivity index (χ0n) is 23.0. The number of nitrogens with zero attached hydrogens (tertiary/aromatic N) is 1. The molecule has 4 N–H and O–H groups in total. The first kappa shape index (κ1) is 31.1. The fraction of sp³-hybridized carbons (Fsp3) is 0.679. The third kappa shape index (κ3) is 9.60. The number of hydrogen-bond acceptors (Lipinski definition) is 5. The van der Waals surface area contributed by atoms with Gasteiger partial charge in [0.15, 0.2) is 0 Å². The highest BCUT2D eigenvalue weighted by atomic mass is 35.5. The predicted octanol–water partition coefficient (Wildman–Crippen LogP) is 4.90. The first-order chi connectivity index (χ1) is 18.2. The molecule has 11 heteroatoms. The minimum atomic E-state index is -3.30. The summed E-state index contributed by atoms with van der Waals surface area (Å²) in [7, 11) is 0. The maximum Gasteiger partial charge on any atom is 0.408 e. The zero-order valence-corrected chi connectivity index (χ0v) is 23.8. The second-order valence-corrected chi connectivity index (χ2v) is 12.0. The number of nitrogens with two attached hydrogens (primary N) is 1. The highest BCUT2D eigenvalue weighted by Gasteiger charge is 2.41. The fourth-order valence-electron chi connectivity index (χ4n) is 5.37. The van der Waals surface area contributed by atoms with Crippen molar-refractivity contribution in [1.29, 1.82) is 0 Å². The number of amides is 3. The minimum absolute atomic E-state index is 0.0271. The molecule has 1 saturated carbocycles. The van der Waals surface area contributed by atoms with Gasteiger partial charge in [-0.1, -0.05) is 36.9 Å². The van der Waals surface area contributed by atoms with Gasteiger partial charge in [-0.25, -0.2) is 4.79 Å². The predicted molar refractivity (Wildman–Crippen MR) is 145 cm³/mol. The molecular weight excluding hydrogens is 530 g/mol. The van der Waals surface area contributed by atoms with Crippen LogP contribution in [-0.2, 0) is 27.3 Å². The molecule has 39 heavy (non-hydrogen) atoms. The second kappa shape index (κ2) is 13.3. The first-order valence-electron chi connectivity index (χ1n) is 13.8. The molecule has 1 aromatic carbocycles. The number of alkyl carbamates (subject to hydrolysis) is 1. The monoisotopic (exact) mass is 570 g/mol. The second-order valence-electron chi connectivity index (χ2n) is 11.6. The number of hydrogen-bond donors (Lipinski definition) is 3. The topological polar surface area (TPSA) is 114 Å². The maximum absolute atomic E-state index is 13.8. The van der Waals surface area contributed by atoms with Crippen molar-refractivity contribution in [1.82, 2.24) is 15.5 Å². The van der Waals surface area contributed by atoms with E-state index in [1.807, 2.05) is 0 Å². The van der Waals surface area contributed by atoms with Gasteiger partial charge in [-0.05, 0) is 82.1 Å². The molecule has 2 fully saturated rings. The molecule has 218 valence electrons. The Kier molecular flexibility index (Phi) is 10.6. The van der Waals surface area contributed by atoms with Gasteiger partial charge in [-0.15, -0.1) is 0 Å². The van der Waals surface area contributed by atoms with Crippen LogP contribution in [-0.4, -0.2) is 53.1 Å². The summed E-state index contributed by atoms with van der Waals surface area (Å²) in [5.74, 6) is -0.646. The largest absolute Gasteiger partial charge is 0.444 e. The lowest BCUT2D eigenvalue weighted by Gasteiger charge is -2.35. The molecule has 0 unspecified atom stereocenters. The van der Waals surface area contributed by atoms with Crippen molar-refractivity contribution in [3.8, 4) is 0 Å². The third-order valence-electron chi connectivity index (χ3n) is 7.25. The highest BCUT2D eigenvalue weighted by Crippen LogP contribution is 2.30. The summed E-state index contributed by atoms with van der Waals surface area (Å²) in [6.45, 7) is 5.77. The molecule has 0 aromatic heterocycles. The number of aryl methyl sites for hydroxylation is 1. The molecule has 0 radical (unpaired) electrons. The van der Waals surface area contributed by atoms with Crippen LogP contribution in [0.2, 0.25) is 5.02 Å². The number of likely N-dealkylation sites (tertiary alicyclic amines) is 1. The van der Waals surface area contributed by atoms with E-state index in [2.05, 4.69) is 10.6 Å². The molecule has 0 spiro atoms. The Morgan fingerprint density at radius 3 is 2.44 bits per heavy atom. The summed E-state index contributed by atoms with van der Waals surface area (Å²) in [6.07, 6.45) is 4.67. The minimum Gasteiger partial charge on any atom is -0.444 e. The SMILES string of the molecule is CC(C)(C)OC(=O)N[C@@H](C(=O)N1CCC[C@H]1C(=O)NCc1cc(Cl)ccc1CCC(N)(F)F)C1CCCCC1. The molecule has 1 aliphatic heterocycles. The van der Waals surface area contributed by atoms with Gasteiger partial charge in [0.2, 0.25) is 11.8 Å². The Morgan fingerprint density at radius 2 is 1.79 bits per heavy atom. The van der Waals surface area contributed by atoms with E-state index in [1.54, 1.807) is 43.9 Å². The number of rotatable bonds is 9.